The van der Waals surface area contributed by atoms with E-state index < -0.39 is 0 Å². The average Bonchev–Trinajstić information content (AvgIpc) is 2.97. The van der Waals surface area contributed by atoms with Gasteiger partial charge >= 0.3 is 0 Å². The first kappa shape index (κ1) is 15.2. The molecule has 2 N–H and O–H groups in total. The Hall–Kier alpha value is -1.73. The Morgan fingerprint density at radius 2 is 2.00 bits per heavy atom. The standard InChI is InChI=1S/C15H22N6S/c1-11(2)12-10-22-14(18-12)9-20-5-7-21(8-6-20)13-3-4-17-15(16)19-13/h3-4,10-11H,5-9H2,1-2H3,(H2,16,17,19). The minimum Gasteiger partial charge on any atom is -0.368 e. The van der Waals surface area contributed by atoms with Crippen molar-refractivity contribution < 1.29 is 0 Å². The van der Waals surface area contributed by atoms with Crippen LogP contribution in [-0.4, -0.2) is 46.0 Å². The van der Waals surface area contributed by atoms with Crippen LogP contribution in [0.25, 0.3) is 0 Å². The second kappa shape index (κ2) is 6.58. The third-order valence-corrected chi connectivity index (χ3v) is 4.73. The minimum atomic E-state index is 0.337. The van der Waals surface area contributed by atoms with E-state index >= 15 is 0 Å². The molecule has 3 heterocycles. The Bertz CT molecular complexity index is 618. The second-order valence-corrected chi connectivity index (χ2v) is 6.80. The highest BCUT2D eigenvalue weighted by Gasteiger charge is 2.19. The maximum atomic E-state index is 5.66. The van der Waals surface area contributed by atoms with Gasteiger partial charge in [-0.1, -0.05) is 13.8 Å². The number of thiazole rings is 1. The Labute approximate surface area is 135 Å². The summed E-state index contributed by atoms with van der Waals surface area (Å²) in [5.74, 6) is 1.76. The lowest BCUT2D eigenvalue weighted by Crippen LogP contribution is -2.46. The topological polar surface area (TPSA) is 71.2 Å². The maximum Gasteiger partial charge on any atom is 0.221 e. The SMILES string of the molecule is CC(C)c1csc(CN2CCN(c3ccnc(N)n3)CC2)n1. The summed E-state index contributed by atoms with van der Waals surface area (Å²) in [4.78, 5) is 17.7. The van der Waals surface area contributed by atoms with Crippen LogP contribution in [0.3, 0.4) is 0 Å². The molecule has 1 fully saturated rings. The van der Waals surface area contributed by atoms with Crippen molar-refractivity contribution in [3.05, 3.63) is 28.3 Å². The Kier molecular flexibility index (Phi) is 4.54. The zero-order valence-corrected chi connectivity index (χ0v) is 13.9. The number of hydrogen-bond acceptors (Lipinski definition) is 7. The monoisotopic (exact) mass is 318 g/mol. The van der Waals surface area contributed by atoms with Crippen molar-refractivity contribution in [2.24, 2.45) is 0 Å². The molecule has 0 spiro atoms. The number of rotatable bonds is 4. The average molecular weight is 318 g/mol. The van der Waals surface area contributed by atoms with Gasteiger partial charge < -0.3 is 10.6 Å². The summed E-state index contributed by atoms with van der Waals surface area (Å²) in [6.07, 6.45) is 1.72. The van der Waals surface area contributed by atoms with Crippen LogP contribution < -0.4 is 10.6 Å². The molecule has 0 amide bonds. The summed E-state index contributed by atoms with van der Waals surface area (Å²) in [5, 5.41) is 3.39. The summed E-state index contributed by atoms with van der Waals surface area (Å²) in [6, 6.07) is 1.92. The van der Waals surface area contributed by atoms with Gasteiger partial charge in [0.2, 0.25) is 5.95 Å². The first-order valence-corrected chi connectivity index (χ1v) is 8.50. The Morgan fingerprint density at radius 3 is 2.64 bits per heavy atom. The van der Waals surface area contributed by atoms with E-state index in [2.05, 4.69) is 39.0 Å². The molecule has 6 nitrogen and oxygen atoms in total. The fourth-order valence-electron chi connectivity index (χ4n) is 2.53. The van der Waals surface area contributed by atoms with Gasteiger partial charge in [0, 0.05) is 37.8 Å². The molecule has 22 heavy (non-hydrogen) atoms. The number of piperazine rings is 1. The zero-order valence-electron chi connectivity index (χ0n) is 13.1. The van der Waals surface area contributed by atoms with Crippen LogP contribution in [0.1, 0.15) is 30.5 Å². The normalized spacial score (nSPS) is 16.4. The summed E-state index contributed by atoms with van der Waals surface area (Å²) in [6.45, 7) is 9.26. The lowest BCUT2D eigenvalue weighted by molar-refractivity contribution is 0.249. The van der Waals surface area contributed by atoms with Gasteiger partial charge in [0.15, 0.2) is 0 Å². The van der Waals surface area contributed by atoms with Gasteiger partial charge in [0.1, 0.15) is 10.8 Å². The lowest BCUT2D eigenvalue weighted by Gasteiger charge is -2.34. The molecule has 1 aliphatic heterocycles. The van der Waals surface area contributed by atoms with Crippen molar-refractivity contribution in [1.29, 1.82) is 0 Å². The van der Waals surface area contributed by atoms with Crippen molar-refractivity contribution in [2.75, 3.05) is 36.8 Å². The van der Waals surface area contributed by atoms with Crippen molar-refractivity contribution in [3.8, 4) is 0 Å². The van der Waals surface area contributed by atoms with E-state index in [0.717, 1.165) is 38.5 Å². The number of hydrogen-bond donors (Lipinski definition) is 1. The number of nitrogens with two attached hydrogens (primary N) is 1. The number of nitrogens with zero attached hydrogens (tertiary/aromatic N) is 5. The van der Waals surface area contributed by atoms with Gasteiger partial charge in [0.25, 0.3) is 0 Å². The molecule has 7 heteroatoms. The predicted octanol–water partition coefficient (Wildman–Crippen LogP) is 1.96. The van der Waals surface area contributed by atoms with E-state index in [1.54, 1.807) is 17.5 Å². The molecule has 0 atom stereocenters. The molecular weight excluding hydrogens is 296 g/mol. The highest BCUT2D eigenvalue weighted by Crippen LogP contribution is 2.20. The molecule has 0 aliphatic carbocycles. The molecule has 118 valence electrons. The number of aromatic nitrogens is 3. The van der Waals surface area contributed by atoms with Crippen molar-refractivity contribution in [1.82, 2.24) is 19.9 Å². The molecule has 0 saturated carbocycles. The first-order valence-electron chi connectivity index (χ1n) is 7.62. The lowest BCUT2D eigenvalue weighted by atomic mass is 10.2. The highest BCUT2D eigenvalue weighted by molar-refractivity contribution is 7.09. The van der Waals surface area contributed by atoms with Gasteiger partial charge in [-0.2, -0.15) is 4.98 Å². The summed E-state index contributed by atoms with van der Waals surface area (Å²) >= 11 is 1.77. The Balaban J connectivity index is 1.55. The van der Waals surface area contributed by atoms with Crippen LogP contribution in [0.4, 0.5) is 11.8 Å². The van der Waals surface area contributed by atoms with E-state index in [1.165, 1.54) is 10.7 Å². The Morgan fingerprint density at radius 1 is 1.23 bits per heavy atom. The fourth-order valence-corrected chi connectivity index (χ4v) is 3.53. The highest BCUT2D eigenvalue weighted by atomic mass is 32.1. The quantitative estimate of drug-likeness (QED) is 0.929. The van der Waals surface area contributed by atoms with E-state index in [4.69, 9.17) is 10.7 Å². The minimum absolute atomic E-state index is 0.337. The van der Waals surface area contributed by atoms with Gasteiger partial charge in [0.05, 0.1) is 12.2 Å². The van der Waals surface area contributed by atoms with Gasteiger partial charge in [-0.15, -0.1) is 11.3 Å². The van der Waals surface area contributed by atoms with Crippen molar-refractivity contribution in [3.63, 3.8) is 0 Å². The smallest absolute Gasteiger partial charge is 0.221 e. The number of anilines is 2. The van der Waals surface area contributed by atoms with Crippen LogP contribution in [0.2, 0.25) is 0 Å². The third kappa shape index (κ3) is 3.53. The molecule has 3 rings (SSSR count). The summed E-state index contributed by atoms with van der Waals surface area (Å²) < 4.78 is 0. The van der Waals surface area contributed by atoms with E-state index in [9.17, 15) is 0 Å². The number of nitrogen functional groups attached to an aromatic ring is 1. The van der Waals surface area contributed by atoms with E-state index in [-0.39, 0.29) is 0 Å². The zero-order chi connectivity index (χ0) is 15.5. The van der Waals surface area contributed by atoms with Gasteiger partial charge in [-0.3, -0.25) is 4.90 Å². The van der Waals surface area contributed by atoms with Crippen LogP contribution in [-0.2, 0) is 6.54 Å². The first-order chi connectivity index (χ1) is 10.6. The van der Waals surface area contributed by atoms with Crippen molar-refractivity contribution >= 4 is 23.1 Å². The molecule has 1 saturated heterocycles. The fraction of sp³-hybridized carbons (Fsp3) is 0.533. The molecular formula is C15H22N6S. The maximum absolute atomic E-state index is 5.66. The third-order valence-electron chi connectivity index (χ3n) is 3.88. The van der Waals surface area contributed by atoms with Crippen LogP contribution in [0.5, 0.6) is 0 Å². The van der Waals surface area contributed by atoms with Crippen molar-refractivity contribution in [2.45, 2.75) is 26.3 Å². The molecule has 2 aromatic heterocycles. The van der Waals surface area contributed by atoms with Crippen LogP contribution in [0, 0.1) is 0 Å². The molecule has 1 aliphatic rings. The van der Waals surface area contributed by atoms with Gasteiger partial charge in [-0.05, 0) is 12.0 Å². The molecule has 0 aromatic carbocycles. The summed E-state index contributed by atoms with van der Waals surface area (Å²) in [5.41, 5.74) is 6.86. The molecule has 0 bridgehead atoms. The van der Waals surface area contributed by atoms with E-state index in [0.29, 0.717) is 11.9 Å². The van der Waals surface area contributed by atoms with E-state index in [1.807, 2.05) is 6.07 Å². The summed E-state index contributed by atoms with van der Waals surface area (Å²) in [7, 11) is 0. The molecule has 2 aromatic rings. The largest absolute Gasteiger partial charge is 0.368 e. The van der Waals surface area contributed by atoms with Crippen LogP contribution >= 0.6 is 11.3 Å². The molecule has 0 unspecified atom stereocenters. The van der Waals surface area contributed by atoms with Crippen LogP contribution in [0.15, 0.2) is 17.6 Å². The molecule has 0 radical (unpaired) electrons. The van der Waals surface area contributed by atoms with Gasteiger partial charge in [-0.25, -0.2) is 9.97 Å². The predicted molar refractivity (Wildman–Crippen MR) is 90.1 cm³/mol. The second-order valence-electron chi connectivity index (χ2n) is 5.86.